The second-order valence-electron chi connectivity index (χ2n) is 4.85. The van der Waals surface area contributed by atoms with E-state index < -0.39 is 9.84 Å². The van der Waals surface area contributed by atoms with Crippen molar-refractivity contribution in [3.05, 3.63) is 24.3 Å². The average Bonchev–Trinajstić information content (AvgIpc) is 2.39. The first-order valence-electron chi connectivity index (χ1n) is 6.73. The molecule has 0 fully saturated rings. The first-order chi connectivity index (χ1) is 9.35. The zero-order valence-electron chi connectivity index (χ0n) is 11.9. The summed E-state index contributed by atoms with van der Waals surface area (Å²) in [6, 6.07) is 6.33. The van der Waals surface area contributed by atoms with E-state index in [0.29, 0.717) is 12.1 Å². The van der Waals surface area contributed by atoms with E-state index >= 15 is 0 Å². The van der Waals surface area contributed by atoms with E-state index in [2.05, 4.69) is 5.32 Å². The summed E-state index contributed by atoms with van der Waals surface area (Å²) in [5.41, 5.74) is 6.22. The summed E-state index contributed by atoms with van der Waals surface area (Å²) >= 11 is 0. The zero-order valence-corrected chi connectivity index (χ0v) is 12.7. The Morgan fingerprint density at radius 1 is 1.30 bits per heavy atom. The van der Waals surface area contributed by atoms with Crippen molar-refractivity contribution in [1.29, 1.82) is 0 Å². The molecule has 0 spiro atoms. The lowest BCUT2D eigenvalue weighted by atomic mass is 10.1. The maximum atomic E-state index is 11.7. The van der Waals surface area contributed by atoms with Crippen LogP contribution in [0, 0.1) is 0 Å². The van der Waals surface area contributed by atoms with Gasteiger partial charge >= 0.3 is 0 Å². The lowest BCUT2D eigenvalue weighted by Gasteiger charge is -2.07. The van der Waals surface area contributed by atoms with Gasteiger partial charge in [0.05, 0.1) is 10.6 Å². The van der Waals surface area contributed by atoms with E-state index in [1.54, 1.807) is 19.1 Å². The smallest absolute Gasteiger partial charge is 0.224 e. The number of hydrogen-bond acceptors (Lipinski definition) is 4. The van der Waals surface area contributed by atoms with Crippen molar-refractivity contribution in [1.82, 2.24) is 0 Å². The lowest BCUT2D eigenvalue weighted by molar-refractivity contribution is -0.116. The van der Waals surface area contributed by atoms with Gasteiger partial charge in [-0.3, -0.25) is 4.79 Å². The Morgan fingerprint density at radius 2 is 1.90 bits per heavy atom. The molecule has 3 N–H and O–H groups in total. The Bertz CT molecular complexity index is 536. The van der Waals surface area contributed by atoms with Gasteiger partial charge in [-0.15, -0.1) is 0 Å². The molecule has 0 aliphatic heterocycles. The Hall–Kier alpha value is -1.40. The van der Waals surface area contributed by atoms with Crippen molar-refractivity contribution in [2.24, 2.45) is 5.73 Å². The van der Waals surface area contributed by atoms with E-state index in [1.165, 1.54) is 12.1 Å². The molecule has 1 amide bonds. The Balaban J connectivity index is 2.56. The van der Waals surface area contributed by atoms with Crippen molar-refractivity contribution in [3.8, 4) is 0 Å². The SMILES string of the molecule is CCS(=O)(=O)c1ccc(NC(=O)CCCC(C)N)cc1. The molecule has 1 atom stereocenters. The number of nitrogens with one attached hydrogen (secondary N) is 1. The number of hydrogen-bond donors (Lipinski definition) is 2. The highest BCUT2D eigenvalue weighted by Gasteiger charge is 2.11. The van der Waals surface area contributed by atoms with Gasteiger partial charge in [0.25, 0.3) is 0 Å². The van der Waals surface area contributed by atoms with Crippen LogP contribution in [0.1, 0.15) is 33.1 Å². The second kappa shape index (κ2) is 7.40. The minimum Gasteiger partial charge on any atom is -0.328 e. The Morgan fingerprint density at radius 3 is 2.40 bits per heavy atom. The maximum absolute atomic E-state index is 11.7. The summed E-state index contributed by atoms with van der Waals surface area (Å²) in [7, 11) is -3.19. The van der Waals surface area contributed by atoms with Gasteiger partial charge < -0.3 is 11.1 Å². The molecule has 112 valence electrons. The predicted molar refractivity (Wildman–Crippen MR) is 80.3 cm³/mol. The van der Waals surface area contributed by atoms with Crippen molar-refractivity contribution in [2.75, 3.05) is 11.1 Å². The summed E-state index contributed by atoms with van der Waals surface area (Å²) in [6.07, 6.45) is 1.96. The molecule has 5 nitrogen and oxygen atoms in total. The number of amides is 1. The van der Waals surface area contributed by atoms with Gasteiger partial charge in [-0.05, 0) is 44.0 Å². The van der Waals surface area contributed by atoms with Crippen molar-refractivity contribution in [2.45, 2.75) is 44.0 Å². The number of sulfone groups is 1. The van der Waals surface area contributed by atoms with Crippen molar-refractivity contribution >= 4 is 21.4 Å². The van der Waals surface area contributed by atoms with Gasteiger partial charge in [-0.1, -0.05) is 6.92 Å². The molecule has 0 aliphatic carbocycles. The highest BCUT2D eigenvalue weighted by molar-refractivity contribution is 7.91. The predicted octanol–water partition coefficient (Wildman–Crippen LogP) is 1.94. The van der Waals surface area contributed by atoms with Crippen LogP contribution in [0.2, 0.25) is 0 Å². The summed E-state index contributed by atoms with van der Waals surface area (Å²) in [6.45, 7) is 3.51. The molecule has 0 radical (unpaired) electrons. The molecule has 0 aliphatic rings. The number of carbonyl (C=O) groups excluding carboxylic acids is 1. The number of anilines is 1. The molecular weight excluding hydrogens is 276 g/mol. The van der Waals surface area contributed by atoms with Crippen LogP contribution < -0.4 is 11.1 Å². The standard InChI is InChI=1S/C14H22N2O3S/c1-3-20(18,19)13-9-7-12(8-10-13)16-14(17)6-4-5-11(2)15/h7-11H,3-6,15H2,1-2H3,(H,16,17). The fraction of sp³-hybridized carbons (Fsp3) is 0.500. The molecule has 1 aromatic rings. The minimum atomic E-state index is -3.19. The fourth-order valence-corrected chi connectivity index (χ4v) is 2.60. The molecule has 0 aromatic heterocycles. The van der Waals surface area contributed by atoms with E-state index in [1.807, 2.05) is 6.92 Å². The first kappa shape index (κ1) is 16.7. The van der Waals surface area contributed by atoms with E-state index in [-0.39, 0.29) is 22.6 Å². The highest BCUT2D eigenvalue weighted by Crippen LogP contribution is 2.15. The van der Waals surface area contributed by atoms with Crippen molar-refractivity contribution < 1.29 is 13.2 Å². The van der Waals surface area contributed by atoms with Crippen LogP contribution in [0.5, 0.6) is 0 Å². The maximum Gasteiger partial charge on any atom is 0.224 e. The van der Waals surface area contributed by atoms with Gasteiger partial charge in [0.15, 0.2) is 9.84 Å². The van der Waals surface area contributed by atoms with Gasteiger partial charge in [0.1, 0.15) is 0 Å². The highest BCUT2D eigenvalue weighted by atomic mass is 32.2. The van der Waals surface area contributed by atoms with Crippen LogP contribution >= 0.6 is 0 Å². The molecule has 0 bridgehead atoms. The summed E-state index contributed by atoms with van der Waals surface area (Å²) in [4.78, 5) is 11.9. The number of carbonyl (C=O) groups is 1. The third-order valence-electron chi connectivity index (χ3n) is 2.94. The van der Waals surface area contributed by atoms with Gasteiger partial charge in [0.2, 0.25) is 5.91 Å². The van der Waals surface area contributed by atoms with Crippen LogP contribution in [0.4, 0.5) is 5.69 Å². The van der Waals surface area contributed by atoms with Crippen LogP contribution in [0.15, 0.2) is 29.2 Å². The lowest BCUT2D eigenvalue weighted by Crippen LogP contribution is -2.16. The minimum absolute atomic E-state index is 0.0655. The Labute approximate surface area is 120 Å². The van der Waals surface area contributed by atoms with Crippen molar-refractivity contribution in [3.63, 3.8) is 0 Å². The van der Waals surface area contributed by atoms with E-state index in [0.717, 1.165) is 12.8 Å². The van der Waals surface area contributed by atoms with Crippen LogP contribution in [-0.2, 0) is 14.6 Å². The van der Waals surface area contributed by atoms with Gasteiger partial charge in [-0.2, -0.15) is 0 Å². The van der Waals surface area contributed by atoms with Crippen LogP contribution in [-0.4, -0.2) is 26.1 Å². The normalized spacial score (nSPS) is 12.9. The van der Waals surface area contributed by atoms with Crippen LogP contribution in [0.3, 0.4) is 0 Å². The molecular formula is C14H22N2O3S. The number of benzene rings is 1. The monoisotopic (exact) mass is 298 g/mol. The second-order valence-corrected chi connectivity index (χ2v) is 7.12. The van der Waals surface area contributed by atoms with Gasteiger partial charge in [-0.25, -0.2) is 8.42 Å². The molecule has 1 rings (SSSR count). The fourth-order valence-electron chi connectivity index (χ4n) is 1.72. The average molecular weight is 298 g/mol. The largest absolute Gasteiger partial charge is 0.328 e. The molecule has 0 saturated carbocycles. The van der Waals surface area contributed by atoms with E-state index in [9.17, 15) is 13.2 Å². The molecule has 1 aromatic carbocycles. The molecule has 1 unspecified atom stereocenters. The zero-order chi connectivity index (χ0) is 15.2. The number of rotatable bonds is 7. The Kier molecular flexibility index (Phi) is 6.16. The molecule has 0 saturated heterocycles. The quantitative estimate of drug-likeness (QED) is 0.805. The molecule has 6 heteroatoms. The third-order valence-corrected chi connectivity index (χ3v) is 4.69. The first-order valence-corrected chi connectivity index (χ1v) is 8.38. The molecule has 0 heterocycles. The third kappa shape index (κ3) is 5.30. The molecule has 20 heavy (non-hydrogen) atoms. The topological polar surface area (TPSA) is 89.3 Å². The summed E-state index contributed by atoms with van der Waals surface area (Å²) in [5.74, 6) is -0.0209. The van der Waals surface area contributed by atoms with Crippen LogP contribution in [0.25, 0.3) is 0 Å². The van der Waals surface area contributed by atoms with E-state index in [4.69, 9.17) is 5.73 Å². The number of nitrogens with two attached hydrogens (primary N) is 1. The summed E-state index contributed by atoms with van der Waals surface area (Å²) < 4.78 is 23.3. The summed E-state index contributed by atoms with van der Waals surface area (Å²) in [5, 5.41) is 2.74. The van der Waals surface area contributed by atoms with Gasteiger partial charge in [0, 0.05) is 18.2 Å².